The monoisotopic (exact) mass is 184 g/mol. The van der Waals surface area contributed by atoms with E-state index in [0.29, 0.717) is 0 Å². The zero-order valence-corrected chi connectivity index (χ0v) is 10.3. The molecule has 13 heavy (non-hydrogen) atoms. The molecule has 0 aromatic heterocycles. The van der Waals surface area contributed by atoms with Crippen LogP contribution in [0.2, 0.25) is 0 Å². The summed E-state index contributed by atoms with van der Waals surface area (Å²) in [6.45, 7) is 11.7. The van der Waals surface area contributed by atoms with E-state index >= 15 is 0 Å². The maximum atomic E-state index is 2.41. The number of rotatable bonds is 7. The summed E-state index contributed by atoms with van der Waals surface area (Å²) in [4.78, 5) is 0. The van der Waals surface area contributed by atoms with E-state index in [-0.39, 0.29) is 0 Å². The van der Waals surface area contributed by atoms with Crippen molar-refractivity contribution in [3.8, 4) is 0 Å². The van der Waals surface area contributed by atoms with Crippen molar-refractivity contribution in [1.29, 1.82) is 0 Å². The molecule has 0 nitrogen and oxygen atoms in total. The van der Waals surface area contributed by atoms with E-state index in [9.17, 15) is 0 Å². The van der Waals surface area contributed by atoms with Crippen molar-refractivity contribution >= 4 is 0 Å². The number of hydrogen-bond donors (Lipinski definition) is 0. The van der Waals surface area contributed by atoms with Gasteiger partial charge in [0.1, 0.15) is 0 Å². The summed E-state index contributed by atoms with van der Waals surface area (Å²) >= 11 is 0. The molecule has 0 heteroatoms. The first-order valence-corrected chi connectivity index (χ1v) is 6.02. The van der Waals surface area contributed by atoms with Crippen molar-refractivity contribution in [2.24, 2.45) is 17.8 Å². The van der Waals surface area contributed by atoms with E-state index in [2.05, 4.69) is 34.6 Å². The highest BCUT2D eigenvalue weighted by Crippen LogP contribution is 2.18. The Labute approximate surface area is 85.1 Å². The van der Waals surface area contributed by atoms with Crippen LogP contribution < -0.4 is 0 Å². The molecule has 0 aliphatic heterocycles. The molecule has 1 atom stereocenters. The Morgan fingerprint density at radius 2 is 1.15 bits per heavy atom. The van der Waals surface area contributed by atoms with Gasteiger partial charge in [0, 0.05) is 0 Å². The van der Waals surface area contributed by atoms with Gasteiger partial charge in [-0.05, 0) is 17.8 Å². The Bertz CT molecular complexity index is 103. The fourth-order valence-electron chi connectivity index (χ4n) is 1.64. The smallest absolute Gasteiger partial charge is 0.0443 e. The van der Waals surface area contributed by atoms with Crippen LogP contribution in [0.15, 0.2) is 0 Å². The first-order chi connectivity index (χ1) is 6.02. The van der Waals surface area contributed by atoms with Crippen LogP contribution in [0, 0.1) is 17.8 Å². The number of hydrogen-bond acceptors (Lipinski definition) is 0. The molecule has 0 amide bonds. The van der Waals surface area contributed by atoms with Gasteiger partial charge >= 0.3 is 0 Å². The van der Waals surface area contributed by atoms with E-state index in [1.165, 1.54) is 32.1 Å². The minimum absolute atomic E-state index is 0.882. The molecule has 0 bridgehead atoms. The van der Waals surface area contributed by atoms with Crippen LogP contribution in [-0.2, 0) is 0 Å². The normalized spacial score (nSPS) is 14.1. The molecule has 0 fully saturated rings. The van der Waals surface area contributed by atoms with Gasteiger partial charge in [-0.3, -0.25) is 0 Å². The molecule has 0 N–H and O–H groups in total. The average molecular weight is 184 g/mol. The second-order valence-corrected chi connectivity index (χ2v) is 5.40. The van der Waals surface area contributed by atoms with E-state index in [1.54, 1.807) is 0 Å². The van der Waals surface area contributed by atoms with Crippen LogP contribution in [-0.4, -0.2) is 0 Å². The average Bonchev–Trinajstić information content (AvgIpc) is 2.00. The lowest BCUT2D eigenvalue weighted by atomic mass is 9.93. The van der Waals surface area contributed by atoms with Gasteiger partial charge in [-0.15, -0.1) is 0 Å². The first-order valence-electron chi connectivity index (χ1n) is 6.02. The quantitative estimate of drug-likeness (QED) is 0.528. The Morgan fingerprint density at radius 1 is 0.615 bits per heavy atom. The Hall–Kier alpha value is 0. The first kappa shape index (κ1) is 13.0. The lowest BCUT2D eigenvalue weighted by Crippen LogP contribution is -1.99. The van der Waals surface area contributed by atoms with E-state index in [1.807, 2.05) is 0 Å². The minimum atomic E-state index is 0.882. The summed E-state index contributed by atoms with van der Waals surface area (Å²) < 4.78 is 0. The third kappa shape index (κ3) is 9.92. The minimum Gasteiger partial charge on any atom is -0.0628 e. The largest absolute Gasteiger partial charge is 0.0628 e. The molecule has 80 valence electrons. The van der Waals surface area contributed by atoms with Crippen LogP contribution in [0.1, 0.15) is 66.7 Å². The molecule has 0 saturated carbocycles. The summed E-state index contributed by atoms with van der Waals surface area (Å²) in [7, 11) is 0. The predicted molar refractivity (Wildman–Crippen MR) is 61.9 cm³/mol. The van der Waals surface area contributed by atoms with Crippen LogP contribution in [0.3, 0.4) is 0 Å². The zero-order valence-electron chi connectivity index (χ0n) is 10.3. The van der Waals surface area contributed by atoms with Crippen molar-refractivity contribution < 1.29 is 0 Å². The van der Waals surface area contributed by atoms with Crippen LogP contribution in [0.25, 0.3) is 0 Å². The molecule has 0 unspecified atom stereocenters. The molecule has 0 spiro atoms. The summed E-state index contributed by atoms with van der Waals surface area (Å²) in [5.74, 6) is 2.71. The Morgan fingerprint density at radius 3 is 1.62 bits per heavy atom. The highest BCUT2D eigenvalue weighted by Gasteiger charge is 2.04. The third-order valence-electron chi connectivity index (χ3n) is 2.72. The lowest BCUT2D eigenvalue weighted by molar-refractivity contribution is 0.400. The van der Waals surface area contributed by atoms with Gasteiger partial charge in [0.25, 0.3) is 0 Å². The second kappa shape index (κ2) is 7.41. The van der Waals surface area contributed by atoms with Crippen molar-refractivity contribution in [1.82, 2.24) is 0 Å². The summed E-state index contributed by atoms with van der Waals surface area (Å²) in [5, 5.41) is 0. The van der Waals surface area contributed by atoms with Gasteiger partial charge in [-0.25, -0.2) is 0 Å². The molecule has 0 rings (SSSR count). The third-order valence-corrected chi connectivity index (χ3v) is 2.72. The van der Waals surface area contributed by atoms with Gasteiger partial charge in [0.05, 0.1) is 0 Å². The van der Waals surface area contributed by atoms with Crippen molar-refractivity contribution in [2.75, 3.05) is 0 Å². The summed E-state index contributed by atoms with van der Waals surface area (Å²) in [6, 6.07) is 0. The fourth-order valence-corrected chi connectivity index (χ4v) is 1.64. The lowest BCUT2D eigenvalue weighted by Gasteiger charge is -2.13. The fraction of sp³-hybridized carbons (Fsp3) is 1.00. The van der Waals surface area contributed by atoms with E-state index in [4.69, 9.17) is 0 Å². The SMILES string of the molecule is CC(C)CCC[C@H](C)CCC(C)C. The zero-order chi connectivity index (χ0) is 10.3. The van der Waals surface area contributed by atoms with Crippen molar-refractivity contribution in [3.05, 3.63) is 0 Å². The highest BCUT2D eigenvalue weighted by molar-refractivity contribution is 4.57. The summed E-state index contributed by atoms with van der Waals surface area (Å²) in [5.41, 5.74) is 0. The van der Waals surface area contributed by atoms with Gasteiger partial charge in [-0.2, -0.15) is 0 Å². The molecular formula is C13H28. The molecular weight excluding hydrogens is 156 g/mol. The molecule has 0 aliphatic carbocycles. The molecule has 0 aromatic carbocycles. The van der Waals surface area contributed by atoms with Gasteiger partial charge in [-0.1, -0.05) is 66.7 Å². The highest BCUT2D eigenvalue weighted by atomic mass is 14.1. The Kier molecular flexibility index (Phi) is 7.41. The van der Waals surface area contributed by atoms with Crippen LogP contribution >= 0.6 is 0 Å². The van der Waals surface area contributed by atoms with E-state index < -0.39 is 0 Å². The maximum Gasteiger partial charge on any atom is -0.0443 e. The van der Waals surface area contributed by atoms with Crippen molar-refractivity contribution in [2.45, 2.75) is 66.7 Å². The van der Waals surface area contributed by atoms with Crippen molar-refractivity contribution in [3.63, 3.8) is 0 Å². The molecule has 0 aromatic rings. The molecule has 0 aliphatic rings. The van der Waals surface area contributed by atoms with Crippen LogP contribution in [0.4, 0.5) is 0 Å². The second-order valence-electron chi connectivity index (χ2n) is 5.40. The Balaban J connectivity index is 3.25. The molecule has 0 heterocycles. The molecule has 0 saturated heterocycles. The summed E-state index contributed by atoms with van der Waals surface area (Å²) in [6.07, 6.45) is 7.10. The predicted octanol–water partition coefficient (Wildman–Crippen LogP) is 4.89. The van der Waals surface area contributed by atoms with Crippen LogP contribution in [0.5, 0.6) is 0 Å². The van der Waals surface area contributed by atoms with Gasteiger partial charge in [0.2, 0.25) is 0 Å². The topological polar surface area (TPSA) is 0 Å². The standard InChI is InChI=1S/C13H28/c1-11(2)7-6-8-13(5)10-9-12(3)4/h11-13H,6-10H2,1-5H3/t13-/m0/s1. The molecule has 0 radical (unpaired) electrons. The van der Waals surface area contributed by atoms with E-state index in [0.717, 1.165) is 17.8 Å². The van der Waals surface area contributed by atoms with Gasteiger partial charge in [0.15, 0.2) is 0 Å². The maximum absolute atomic E-state index is 2.41. The van der Waals surface area contributed by atoms with Gasteiger partial charge < -0.3 is 0 Å².